The average molecular weight is 210 g/mol. The van der Waals surface area contributed by atoms with Crippen molar-refractivity contribution in [2.45, 2.75) is 6.10 Å². The van der Waals surface area contributed by atoms with Crippen LogP contribution < -0.4 is 0 Å². The Labute approximate surface area is 93.6 Å². The van der Waals surface area contributed by atoms with Crippen LogP contribution in [0.1, 0.15) is 22.8 Å². The van der Waals surface area contributed by atoms with Gasteiger partial charge in [-0.15, -0.1) is 0 Å². The Balaban J connectivity index is 2.28. The molecule has 0 radical (unpaired) electrons. The van der Waals surface area contributed by atoms with Crippen molar-refractivity contribution in [1.82, 2.24) is 4.98 Å². The number of aliphatic hydroxyl groups excluding tert-OH is 1. The molecule has 3 nitrogen and oxygen atoms in total. The first-order valence-corrected chi connectivity index (χ1v) is 4.89. The molecule has 0 amide bonds. The summed E-state index contributed by atoms with van der Waals surface area (Å²) in [7, 11) is 0. The second-order valence-electron chi connectivity index (χ2n) is 3.42. The second kappa shape index (κ2) is 4.56. The van der Waals surface area contributed by atoms with Crippen molar-refractivity contribution in [2.75, 3.05) is 0 Å². The molecule has 1 N–H and O–H groups in total. The van der Waals surface area contributed by atoms with Crippen LogP contribution in [0.3, 0.4) is 0 Å². The molecule has 16 heavy (non-hydrogen) atoms. The Morgan fingerprint density at radius 3 is 2.44 bits per heavy atom. The van der Waals surface area contributed by atoms with Gasteiger partial charge in [-0.25, -0.2) is 0 Å². The Morgan fingerprint density at radius 2 is 1.88 bits per heavy atom. The predicted octanol–water partition coefficient (Wildman–Crippen LogP) is 2.03. The highest BCUT2D eigenvalue weighted by molar-refractivity contribution is 5.35. The van der Waals surface area contributed by atoms with E-state index in [-0.39, 0.29) is 0 Å². The third-order valence-electron chi connectivity index (χ3n) is 2.36. The summed E-state index contributed by atoms with van der Waals surface area (Å²) < 4.78 is 0. The number of hydrogen-bond donors (Lipinski definition) is 1. The number of aliphatic hydroxyl groups is 1. The first-order valence-electron chi connectivity index (χ1n) is 4.89. The van der Waals surface area contributed by atoms with Crippen LogP contribution in [0.15, 0.2) is 48.8 Å². The molecule has 0 unspecified atom stereocenters. The van der Waals surface area contributed by atoms with Crippen LogP contribution in [-0.2, 0) is 0 Å². The van der Waals surface area contributed by atoms with Gasteiger partial charge in [0, 0.05) is 18.0 Å². The second-order valence-corrected chi connectivity index (χ2v) is 3.42. The standard InChI is InChI=1S/C13H10N2O/c14-8-10-3-5-11(6-4-10)13(16)12-2-1-7-15-9-12/h1-7,9,13,16H/t13-/m1/s1. The van der Waals surface area contributed by atoms with E-state index in [2.05, 4.69) is 4.98 Å². The summed E-state index contributed by atoms with van der Waals surface area (Å²) in [6.45, 7) is 0. The van der Waals surface area contributed by atoms with Crippen LogP contribution in [-0.4, -0.2) is 10.1 Å². The van der Waals surface area contributed by atoms with E-state index in [1.54, 1.807) is 42.7 Å². The lowest BCUT2D eigenvalue weighted by atomic mass is 10.0. The Morgan fingerprint density at radius 1 is 1.12 bits per heavy atom. The number of pyridine rings is 1. The molecule has 3 heteroatoms. The minimum Gasteiger partial charge on any atom is -0.384 e. The lowest BCUT2D eigenvalue weighted by molar-refractivity contribution is 0.220. The van der Waals surface area contributed by atoms with E-state index < -0.39 is 6.10 Å². The van der Waals surface area contributed by atoms with Crippen LogP contribution in [0, 0.1) is 11.3 Å². The van der Waals surface area contributed by atoms with Gasteiger partial charge in [0.05, 0.1) is 11.6 Å². The van der Waals surface area contributed by atoms with Gasteiger partial charge in [-0.2, -0.15) is 5.26 Å². The molecule has 0 bridgehead atoms. The van der Waals surface area contributed by atoms with E-state index in [1.807, 2.05) is 12.1 Å². The first kappa shape index (κ1) is 10.3. The van der Waals surface area contributed by atoms with E-state index in [9.17, 15) is 5.11 Å². The molecule has 0 saturated carbocycles. The van der Waals surface area contributed by atoms with Crippen molar-refractivity contribution in [2.24, 2.45) is 0 Å². The number of nitrogens with zero attached hydrogens (tertiary/aromatic N) is 2. The Hall–Kier alpha value is -2.18. The number of benzene rings is 1. The number of rotatable bonds is 2. The zero-order valence-corrected chi connectivity index (χ0v) is 8.54. The van der Waals surface area contributed by atoms with Crippen molar-refractivity contribution in [3.63, 3.8) is 0 Å². The third-order valence-corrected chi connectivity index (χ3v) is 2.36. The van der Waals surface area contributed by atoms with Gasteiger partial charge in [0.25, 0.3) is 0 Å². The Bertz CT molecular complexity index is 500. The van der Waals surface area contributed by atoms with Crippen LogP contribution in [0.5, 0.6) is 0 Å². The van der Waals surface area contributed by atoms with E-state index in [1.165, 1.54) is 0 Å². The van der Waals surface area contributed by atoms with Gasteiger partial charge in [0.15, 0.2) is 0 Å². The molecule has 1 aromatic carbocycles. The highest BCUT2D eigenvalue weighted by Crippen LogP contribution is 2.20. The molecule has 0 fully saturated rings. The van der Waals surface area contributed by atoms with E-state index in [0.29, 0.717) is 5.56 Å². The molecule has 1 heterocycles. The molecule has 0 saturated heterocycles. The quantitative estimate of drug-likeness (QED) is 0.825. The summed E-state index contributed by atoms with van der Waals surface area (Å²) in [5.41, 5.74) is 2.08. The smallest absolute Gasteiger partial charge is 0.106 e. The normalized spacial score (nSPS) is 11.8. The summed E-state index contributed by atoms with van der Waals surface area (Å²) in [6, 6.07) is 12.5. The Kier molecular flexibility index (Phi) is 2.95. The molecule has 2 aromatic rings. The van der Waals surface area contributed by atoms with Crippen molar-refractivity contribution in [3.05, 3.63) is 65.5 Å². The van der Waals surface area contributed by atoms with Crippen LogP contribution >= 0.6 is 0 Å². The zero-order valence-electron chi connectivity index (χ0n) is 8.54. The van der Waals surface area contributed by atoms with Gasteiger partial charge >= 0.3 is 0 Å². The van der Waals surface area contributed by atoms with E-state index >= 15 is 0 Å². The summed E-state index contributed by atoms with van der Waals surface area (Å²) in [5.74, 6) is 0. The van der Waals surface area contributed by atoms with Crippen molar-refractivity contribution < 1.29 is 5.11 Å². The van der Waals surface area contributed by atoms with Crippen LogP contribution in [0.25, 0.3) is 0 Å². The maximum Gasteiger partial charge on any atom is 0.106 e. The number of hydrogen-bond acceptors (Lipinski definition) is 3. The monoisotopic (exact) mass is 210 g/mol. The summed E-state index contributed by atoms with van der Waals surface area (Å²) >= 11 is 0. The van der Waals surface area contributed by atoms with Crippen molar-refractivity contribution >= 4 is 0 Å². The van der Waals surface area contributed by atoms with Crippen LogP contribution in [0.2, 0.25) is 0 Å². The van der Waals surface area contributed by atoms with Gasteiger partial charge in [-0.3, -0.25) is 4.98 Å². The van der Waals surface area contributed by atoms with Gasteiger partial charge in [-0.1, -0.05) is 18.2 Å². The molecule has 0 aliphatic carbocycles. The zero-order chi connectivity index (χ0) is 11.4. The first-order chi connectivity index (χ1) is 7.81. The molecule has 78 valence electrons. The van der Waals surface area contributed by atoms with E-state index in [4.69, 9.17) is 5.26 Å². The highest BCUT2D eigenvalue weighted by atomic mass is 16.3. The maximum absolute atomic E-state index is 10.0. The van der Waals surface area contributed by atoms with E-state index in [0.717, 1.165) is 11.1 Å². The summed E-state index contributed by atoms with van der Waals surface area (Å²) in [6.07, 6.45) is 2.60. The molecular weight excluding hydrogens is 200 g/mol. The minimum absolute atomic E-state index is 0.585. The molecule has 0 spiro atoms. The number of nitriles is 1. The van der Waals surface area contributed by atoms with Crippen molar-refractivity contribution in [3.8, 4) is 6.07 Å². The fourth-order valence-corrected chi connectivity index (χ4v) is 1.47. The fourth-order valence-electron chi connectivity index (χ4n) is 1.47. The van der Waals surface area contributed by atoms with Gasteiger partial charge in [-0.05, 0) is 23.8 Å². The topological polar surface area (TPSA) is 56.9 Å². The molecular formula is C13H10N2O. The lowest BCUT2D eigenvalue weighted by Crippen LogP contribution is -1.99. The maximum atomic E-state index is 10.0. The van der Waals surface area contributed by atoms with Crippen molar-refractivity contribution in [1.29, 1.82) is 5.26 Å². The predicted molar refractivity (Wildman–Crippen MR) is 59.5 cm³/mol. The molecule has 1 aromatic heterocycles. The SMILES string of the molecule is N#Cc1ccc([C@@H](O)c2cccnc2)cc1. The fraction of sp³-hybridized carbons (Fsp3) is 0.0769. The molecule has 0 aliphatic heterocycles. The molecule has 1 atom stereocenters. The third kappa shape index (κ3) is 2.08. The minimum atomic E-state index is -0.693. The lowest BCUT2D eigenvalue weighted by Gasteiger charge is -2.10. The van der Waals surface area contributed by atoms with Gasteiger partial charge in [0.1, 0.15) is 6.10 Å². The highest BCUT2D eigenvalue weighted by Gasteiger charge is 2.09. The molecule has 0 aliphatic rings. The average Bonchev–Trinajstić information content (AvgIpc) is 2.39. The van der Waals surface area contributed by atoms with Gasteiger partial charge in [0.2, 0.25) is 0 Å². The van der Waals surface area contributed by atoms with Gasteiger partial charge < -0.3 is 5.11 Å². The summed E-state index contributed by atoms with van der Waals surface area (Å²) in [4.78, 5) is 3.95. The number of aromatic nitrogens is 1. The largest absolute Gasteiger partial charge is 0.384 e. The summed E-state index contributed by atoms with van der Waals surface area (Å²) in [5, 5.41) is 18.7. The molecule has 2 rings (SSSR count). The van der Waals surface area contributed by atoms with Crippen LogP contribution in [0.4, 0.5) is 0 Å².